The van der Waals surface area contributed by atoms with Gasteiger partial charge in [-0.05, 0) is 37.8 Å². The number of carbonyl (C=O) groups excluding carboxylic acids is 1. The van der Waals surface area contributed by atoms with Crippen molar-refractivity contribution >= 4 is 5.78 Å². The first-order valence-electron chi connectivity index (χ1n) is 4.84. The summed E-state index contributed by atoms with van der Waals surface area (Å²) in [5.41, 5.74) is 0. The summed E-state index contributed by atoms with van der Waals surface area (Å²) in [4.78, 5) is 13.9. The maximum Gasteiger partial charge on any atom is 0.172 e. The molecular formula is C10H13NO. The zero-order chi connectivity index (χ0) is 8.13. The van der Waals surface area contributed by atoms with E-state index in [0.29, 0.717) is 11.8 Å². The Kier molecular flexibility index (Phi) is 1.25. The minimum absolute atomic E-state index is 0.257. The molecule has 4 bridgehead atoms. The summed E-state index contributed by atoms with van der Waals surface area (Å²) in [5.74, 6) is 1.13. The SMILES string of the molecule is O=C1C=CC2C3CCCN2C1C3. The van der Waals surface area contributed by atoms with Gasteiger partial charge in [0.05, 0.1) is 6.04 Å². The van der Waals surface area contributed by atoms with E-state index in [0.717, 1.165) is 18.9 Å². The topological polar surface area (TPSA) is 20.3 Å². The van der Waals surface area contributed by atoms with E-state index in [2.05, 4.69) is 11.0 Å². The van der Waals surface area contributed by atoms with E-state index in [9.17, 15) is 4.79 Å². The van der Waals surface area contributed by atoms with Gasteiger partial charge in [-0.3, -0.25) is 9.69 Å². The Labute approximate surface area is 72.2 Å². The predicted molar refractivity (Wildman–Crippen MR) is 45.8 cm³/mol. The fourth-order valence-corrected chi connectivity index (χ4v) is 3.02. The van der Waals surface area contributed by atoms with Gasteiger partial charge >= 0.3 is 0 Å². The molecule has 0 aromatic carbocycles. The highest BCUT2D eigenvalue weighted by molar-refractivity contribution is 5.95. The second-order valence-electron chi connectivity index (χ2n) is 4.14. The molecule has 0 amide bonds. The van der Waals surface area contributed by atoms with Crippen LogP contribution >= 0.6 is 0 Å². The van der Waals surface area contributed by atoms with Crippen molar-refractivity contribution in [1.82, 2.24) is 4.90 Å². The predicted octanol–water partition coefficient (Wildman–Crippen LogP) is 0.978. The van der Waals surface area contributed by atoms with Crippen LogP contribution in [-0.4, -0.2) is 29.3 Å². The van der Waals surface area contributed by atoms with E-state index in [1.54, 1.807) is 6.08 Å². The number of rotatable bonds is 0. The number of piperidine rings is 1. The van der Waals surface area contributed by atoms with Crippen molar-refractivity contribution in [3.05, 3.63) is 12.2 Å². The Morgan fingerprint density at radius 2 is 2.42 bits per heavy atom. The lowest BCUT2D eigenvalue weighted by Gasteiger charge is -2.34. The van der Waals surface area contributed by atoms with Gasteiger partial charge in [-0.2, -0.15) is 0 Å². The van der Waals surface area contributed by atoms with Crippen LogP contribution in [0.15, 0.2) is 12.2 Å². The summed E-state index contributed by atoms with van der Waals surface area (Å²) in [6, 6.07) is 0.869. The molecule has 0 aromatic rings. The summed E-state index contributed by atoms with van der Waals surface area (Å²) in [6.07, 6.45) is 7.66. The molecule has 3 rings (SSSR count). The molecule has 2 saturated heterocycles. The monoisotopic (exact) mass is 163 g/mol. The number of ketones is 1. The second-order valence-corrected chi connectivity index (χ2v) is 4.14. The molecule has 0 saturated carbocycles. The molecule has 2 fully saturated rings. The lowest BCUT2D eigenvalue weighted by Crippen LogP contribution is -2.45. The molecule has 64 valence electrons. The van der Waals surface area contributed by atoms with Gasteiger partial charge < -0.3 is 0 Å². The molecule has 0 N–H and O–H groups in total. The van der Waals surface area contributed by atoms with Crippen LogP contribution in [0.3, 0.4) is 0 Å². The van der Waals surface area contributed by atoms with Gasteiger partial charge in [-0.15, -0.1) is 0 Å². The molecule has 3 heterocycles. The van der Waals surface area contributed by atoms with Crippen LogP contribution < -0.4 is 0 Å². The van der Waals surface area contributed by atoms with Gasteiger partial charge in [0.25, 0.3) is 0 Å². The third-order valence-corrected chi connectivity index (χ3v) is 3.57. The molecule has 0 aromatic heterocycles. The Hall–Kier alpha value is -0.630. The van der Waals surface area contributed by atoms with Crippen LogP contribution in [0.2, 0.25) is 0 Å². The molecule has 3 aliphatic rings. The van der Waals surface area contributed by atoms with Crippen molar-refractivity contribution in [2.45, 2.75) is 31.3 Å². The molecule has 4 atom stereocenters. The quantitative estimate of drug-likeness (QED) is 0.530. The Morgan fingerprint density at radius 3 is 3.33 bits per heavy atom. The zero-order valence-corrected chi connectivity index (χ0v) is 7.07. The summed E-state index contributed by atoms with van der Waals surface area (Å²) in [6.45, 7) is 1.14. The van der Waals surface area contributed by atoms with Gasteiger partial charge in [0.1, 0.15) is 0 Å². The Balaban J connectivity index is 2.03. The van der Waals surface area contributed by atoms with Crippen LogP contribution in [0.4, 0.5) is 0 Å². The highest BCUT2D eigenvalue weighted by atomic mass is 16.1. The molecule has 0 radical (unpaired) electrons. The van der Waals surface area contributed by atoms with E-state index >= 15 is 0 Å². The number of nitrogens with zero attached hydrogens (tertiary/aromatic N) is 1. The van der Waals surface area contributed by atoms with Crippen molar-refractivity contribution in [3.8, 4) is 0 Å². The van der Waals surface area contributed by atoms with Crippen molar-refractivity contribution in [3.63, 3.8) is 0 Å². The smallest absolute Gasteiger partial charge is 0.172 e. The zero-order valence-electron chi connectivity index (χ0n) is 7.07. The van der Waals surface area contributed by atoms with Crippen molar-refractivity contribution in [2.24, 2.45) is 5.92 Å². The average molecular weight is 163 g/mol. The molecule has 0 spiro atoms. The molecule has 2 nitrogen and oxygen atoms in total. The Morgan fingerprint density at radius 1 is 1.50 bits per heavy atom. The second kappa shape index (κ2) is 2.19. The molecule has 0 aliphatic carbocycles. The third kappa shape index (κ3) is 0.712. The summed E-state index contributed by atoms with van der Waals surface area (Å²) < 4.78 is 0. The lowest BCUT2D eigenvalue weighted by molar-refractivity contribution is -0.119. The van der Waals surface area contributed by atoms with Crippen LogP contribution in [0, 0.1) is 5.92 Å². The van der Waals surface area contributed by atoms with E-state index in [1.165, 1.54) is 12.8 Å². The van der Waals surface area contributed by atoms with Crippen molar-refractivity contribution in [1.29, 1.82) is 0 Å². The van der Waals surface area contributed by atoms with Gasteiger partial charge in [-0.1, -0.05) is 6.08 Å². The standard InChI is InChI=1S/C10H13NO/c12-10-4-3-8-7-2-1-5-11(8)9(10)6-7/h3-4,7-9H,1-2,5-6H2. The van der Waals surface area contributed by atoms with Crippen molar-refractivity contribution < 1.29 is 4.79 Å². The van der Waals surface area contributed by atoms with E-state index in [4.69, 9.17) is 0 Å². The minimum Gasteiger partial charge on any atom is -0.293 e. The summed E-state index contributed by atoms with van der Waals surface area (Å²) in [7, 11) is 0. The van der Waals surface area contributed by atoms with Gasteiger partial charge in [0.15, 0.2) is 5.78 Å². The minimum atomic E-state index is 0.257. The molecule has 3 aliphatic heterocycles. The largest absolute Gasteiger partial charge is 0.293 e. The molecule has 4 unspecified atom stereocenters. The number of carbonyl (C=O) groups is 1. The van der Waals surface area contributed by atoms with Gasteiger partial charge in [0, 0.05) is 6.04 Å². The van der Waals surface area contributed by atoms with Crippen molar-refractivity contribution in [2.75, 3.05) is 6.54 Å². The van der Waals surface area contributed by atoms with E-state index in [-0.39, 0.29) is 6.04 Å². The molecular weight excluding hydrogens is 150 g/mol. The Bertz CT molecular complexity index is 257. The summed E-state index contributed by atoms with van der Waals surface area (Å²) >= 11 is 0. The van der Waals surface area contributed by atoms with Gasteiger partial charge in [0.2, 0.25) is 0 Å². The fourth-order valence-electron chi connectivity index (χ4n) is 3.02. The first-order valence-corrected chi connectivity index (χ1v) is 4.84. The van der Waals surface area contributed by atoms with E-state index < -0.39 is 0 Å². The maximum atomic E-state index is 11.5. The molecule has 12 heavy (non-hydrogen) atoms. The first-order chi connectivity index (χ1) is 5.86. The number of hydrogen-bond acceptors (Lipinski definition) is 2. The fraction of sp³-hybridized carbons (Fsp3) is 0.700. The summed E-state index contributed by atoms with van der Waals surface area (Å²) in [5, 5.41) is 0. The first kappa shape index (κ1) is 6.84. The highest BCUT2D eigenvalue weighted by Crippen LogP contribution is 2.40. The van der Waals surface area contributed by atoms with E-state index in [1.807, 2.05) is 0 Å². The van der Waals surface area contributed by atoms with Crippen LogP contribution in [0.5, 0.6) is 0 Å². The van der Waals surface area contributed by atoms with Gasteiger partial charge in [-0.25, -0.2) is 0 Å². The van der Waals surface area contributed by atoms with Crippen LogP contribution in [0.25, 0.3) is 0 Å². The normalized spacial score (nSPS) is 49.8. The average Bonchev–Trinajstić information content (AvgIpc) is 2.26. The number of hydrogen-bond donors (Lipinski definition) is 0. The third-order valence-electron chi connectivity index (χ3n) is 3.57. The lowest BCUT2D eigenvalue weighted by atomic mass is 9.92. The maximum absolute atomic E-state index is 11.5. The van der Waals surface area contributed by atoms with Crippen LogP contribution in [-0.2, 0) is 4.79 Å². The van der Waals surface area contributed by atoms with Crippen LogP contribution in [0.1, 0.15) is 19.3 Å². The molecule has 2 heteroatoms. The highest BCUT2D eigenvalue weighted by Gasteiger charge is 2.46.